The van der Waals surface area contributed by atoms with Crippen molar-refractivity contribution in [3.63, 3.8) is 0 Å². The van der Waals surface area contributed by atoms with Crippen molar-refractivity contribution in [3.8, 4) is 0 Å². The summed E-state index contributed by atoms with van der Waals surface area (Å²) in [5, 5.41) is 0. The van der Waals surface area contributed by atoms with E-state index in [2.05, 4.69) is 17.5 Å². The molecule has 44 valence electrons. The number of thiol groups is 1. The van der Waals surface area contributed by atoms with Crippen molar-refractivity contribution in [2.75, 3.05) is 13.1 Å². The van der Waals surface area contributed by atoms with Gasteiger partial charge in [0.2, 0.25) is 0 Å². The van der Waals surface area contributed by atoms with Crippen LogP contribution in [0.1, 0.15) is 12.8 Å². The highest BCUT2D eigenvalue weighted by Gasteiger charge is 1.79. The Bertz CT molecular complexity index is 28.9. The normalized spacial score (nSPS) is 9.43. The van der Waals surface area contributed by atoms with E-state index in [4.69, 9.17) is 5.73 Å². The van der Waals surface area contributed by atoms with Gasteiger partial charge in [0, 0.05) is 6.54 Å². The Kier molecular flexibility index (Phi) is 6.51. The maximum absolute atomic E-state index is 5.22. The second-order valence-corrected chi connectivity index (χ2v) is 1.72. The van der Waals surface area contributed by atoms with E-state index in [1.165, 1.54) is 0 Å². The molecular weight excluding hydrogens is 108 g/mol. The van der Waals surface area contributed by atoms with Crippen LogP contribution < -0.4 is 10.5 Å². The highest BCUT2D eigenvalue weighted by atomic mass is 32.1. The van der Waals surface area contributed by atoms with Gasteiger partial charge in [-0.05, 0) is 19.4 Å². The fraction of sp³-hybridized carbons (Fsp3) is 1.00. The summed E-state index contributed by atoms with van der Waals surface area (Å²) >= 11 is 3.80. The Morgan fingerprint density at radius 2 is 2.14 bits per heavy atom. The van der Waals surface area contributed by atoms with E-state index in [9.17, 15) is 0 Å². The lowest BCUT2D eigenvalue weighted by Crippen LogP contribution is -2.05. The molecule has 0 unspecified atom stereocenters. The summed E-state index contributed by atoms with van der Waals surface area (Å²) in [5.74, 6) is 0. The number of rotatable bonds is 4. The van der Waals surface area contributed by atoms with Gasteiger partial charge in [-0.1, -0.05) is 12.8 Å². The minimum absolute atomic E-state index is 0.787. The van der Waals surface area contributed by atoms with Gasteiger partial charge in [0.05, 0.1) is 0 Å². The third-order valence-corrected chi connectivity index (χ3v) is 0.966. The second kappa shape index (κ2) is 6.27. The molecule has 0 aromatic heterocycles. The standard InChI is InChI=1S/C4H12N2S/c5-3-1-2-4-6-7/h6-7H,1-5H2. The fourth-order valence-corrected chi connectivity index (χ4v) is 0.507. The lowest BCUT2D eigenvalue weighted by atomic mass is 10.3. The van der Waals surface area contributed by atoms with Crippen LogP contribution in [0.15, 0.2) is 0 Å². The Morgan fingerprint density at radius 3 is 2.57 bits per heavy atom. The maximum Gasteiger partial charge on any atom is 0.00566 e. The van der Waals surface area contributed by atoms with E-state index in [0.29, 0.717) is 0 Å². The minimum atomic E-state index is 0.787. The van der Waals surface area contributed by atoms with Gasteiger partial charge in [-0.2, -0.15) is 0 Å². The first-order chi connectivity index (χ1) is 3.41. The van der Waals surface area contributed by atoms with Gasteiger partial charge in [0.1, 0.15) is 0 Å². The van der Waals surface area contributed by atoms with Crippen LogP contribution in [0.4, 0.5) is 0 Å². The monoisotopic (exact) mass is 120 g/mol. The van der Waals surface area contributed by atoms with Crippen molar-refractivity contribution in [1.29, 1.82) is 0 Å². The molecule has 0 fully saturated rings. The summed E-state index contributed by atoms with van der Waals surface area (Å²) in [7, 11) is 0. The third kappa shape index (κ3) is 6.27. The van der Waals surface area contributed by atoms with Crippen LogP contribution in [0.3, 0.4) is 0 Å². The molecule has 0 amide bonds. The van der Waals surface area contributed by atoms with Gasteiger partial charge >= 0.3 is 0 Å². The van der Waals surface area contributed by atoms with Crippen molar-refractivity contribution < 1.29 is 0 Å². The smallest absolute Gasteiger partial charge is 0.00566 e. The van der Waals surface area contributed by atoms with Crippen LogP contribution >= 0.6 is 12.8 Å². The molecule has 0 saturated heterocycles. The number of hydrogen-bond donors (Lipinski definition) is 3. The van der Waals surface area contributed by atoms with Crippen LogP contribution in [-0.2, 0) is 0 Å². The average Bonchev–Trinajstić information content (AvgIpc) is 1.69. The fourth-order valence-electron chi connectivity index (χ4n) is 0.348. The summed E-state index contributed by atoms with van der Waals surface area (Å²) in [4.78, 5) is 0. The number of nitrogens with one attached hydrogen (secondary N) is 1. The van der Waals surface area contributed by atoms with Gasteiger partial charge in [-0.15, -0.1) is 0 Å². The lowest BCUT2D eigenvalue weighted by molar-refractivity contribution is 0.735. The molecule has 0 aliphatic carbocycles. The van der Waals surface area contributed by atoms with Crippen LogP contribution in [0.2, 0.25) is 0 Å². The Hall–Kier alpha value is 0.270. The largest absolute Gasteiger partial charge is 0.330 e. The summed E-state index contributed by atoms with van der Waals surface area (Å²) in [6.45, 7) is 1.75. The molecule has 2 nitrogen and oxygen atoms in total. The Balaban J connectivity index is 2.45. The summed E-state index contributed by atoms with van der Waals surface area (Å²) in [6.07, 6.45) is 2.22. The van der Waals surface area contributed by atoms with Gasteiger partial charge < -0.3 is 5.73 Å². The molecule has 0 aromatic carbocycles. The molecule has 3 heteroatoms. The number of nitrogens with two attached hydrogens (primary N) is 1. The van der Waals surface area contributed by atoms with E-state index >= 15 is 0 Å². The zero-order valence-corrected chi connectivity index (χ0v) is 5.25. The number of unbranched alkanes of at least 4 members (excludes halogenated alkanes) is 1. The summed E-state index contributed by atoms with van der Waals surface area (Å²) < 4.78 is 2.74. The Labute approximate surface area is 50.0 Å². The molecule has 0 bridgehead atoms. The first-order valence-corrected chi connectivity index (χ1v) is 2.93. The predicted octanol–water partition coefficient (Wildman–Crippen LogP) is 0.160. The van der Waals surface area contributed by atoms with E-state index in [0.717, 1.165) is 25.9 Å². The zero-order valence-electron chi connectivity index (χ0n) is 4.35. The molecule has 0 spiro atoms. The molecule has 0 aliphatic heterocycles. The second-order valence-electron chi connectivity index (χ2n) is 1.40. The van der Waals surface area contributed by atoms with Crippen molar-refractivity contribution in [3.05, 3.63) is 0 Å². The van der Waals surface area contributed by atoms with Crippen molar-refractivity contribution in [1.82, 2.24) is 4.72 Å². The molecule has 3 N–H and O–H groups in total. The quantitative estimate of drug-likeness (QED) is 0.365. The highest BCUT2D eigenvalue weighted by molar-refractivity contribution is 7.78. The van der Waals surface area contributed by atoms with E-state index < -0.39 is 0 Å². The van der Waals surface area contributed by atoms with Crippen LogP contribution in [0, 0.1) is 0 Å². The topological polar surface area (TPSA) is 38.0 Å². The molecule has 0 radical (unpaired) electrons. The van der Waals surface area contributed by atoms with E-state index in [-0.39, 0.29) is 0 Å². The molecule has 0 atom stereocenters. The number of hydrogen-bond acceptors (Lipinski definition) is 3. The lowest BCUT2D eigenvalue weighted by Gasteiger charge is -1.92. The Morgan fingerprint density at radius 1 is 1.43 bits per heavy atom. The molecule has 0 rings (SSSR count). The van der Waals surface area contributed by atoms with Crippen molar-refractivity contribution >= 4 is 12.8 Å². The van der Waals surface area contributed by atoms with Crippen molar-refractivity contribution in [2.45, 2.75) is 12.8 Å². The molecule has 0 aliphatic rings. The third-order valence-electron chi connectivity index (χ3n) is 0.743. The van der Waals surface area contributed by atoms with E-state index in [1.807, 2.05) is 0 Å². The first-order valence-electron chi connectivity index (χ1n) is 2.49. The predicted molar refractivity (Wildman–Crippen MR) is 35.3 cm³/mol. The first kappa shape index (κ1) is 7.27. The molecule has 0 aromatic rings. The van der Waals surface area contributed by atoms with Crippen LogP contribution in [0.25, 0.3) is 0 Å². The van der Waals surface area contributed by atoms with Gasteiger partial charge in [0.25, 0.3) is 0 Å². The molecular formula is C4H12N2S. The molecule has 0 heterocycles. The molecule has 7 heavy (non-hydrogen) atoms. The zero-order chi connectivity index (χ0) is 5.54. The minimum Gasteiger partial charge on any atom is -0.330 e. The van der Waals surface area contributed by atoms with Gasteiger partial charge in [-0.3, -0.25) is 4.72 Å². The summed E-state index contributed by atoms with van der Waals surface area (Å²) in [6, 6.07) is 0. The summed E-state index contributed by atoms with van der Waals surface area (Å²) in [5.41, 5.74) is 5.22. The van der Waals surface area contributed by atoms with Gasteiger partial charge in [0.15, 0.2) is 0 Å². The van der Waals surface area contributed by atoms with Crippen molar-refractivity contribution in [2.24, 2.45) is 5.73 Å². The highest BCUT2D eigenvalue weighted by Crippen LogP contribution is 1.81. The molecule has 0 saturated carbocycles. The van der Waals surface area contributed by atoms with Crippen LogP contribution in [0.5, 0.6) is 0 Å². The van der Waals surface area contributed by atoms with Gasteiger partial charge in [-0.25, -0.2) is 0 Å². The van der Waals surface area contributed by atoms with E-state index in [1.54, 1.807) is 0 Å². The SMILES string of the molecule is NCCCCNS. The maximum atomic E-state index is 5.22. The average molecular weight is 120 g/mol. The van der Waals surface area contributed by atoms with Crippen LogP contribution in [-0.4, -0.2) is 13.1 Å².